The molecule has 6 heteroatoms. The van der Waals surface area contributed by atoms with Gasteiger partial charge in [0.2, 0.25) is 0 Å². The van der Waals surface area contributed by atoms with Crippen molar-refractivity contribution in [2.75, 3.05) is 5.73 Å². The molecule has 1 atom stereocenters. The minimum absolute atomic E-state index is 0.0349. The summed E-state index contributed by atoms with van der Waals surface area (Å²) in [7, 11) is 0. The molecule has 1 aromatic carbocycles. The Bertz CT molecular complexity index is 1150. The fraction of sp³-hybridized carbons (Fsp3) is 0.136. The predicted octanol–water partition coefficient (Wildman–Crippen LogP) is 2.74. The van der Waals surface area contributed by atoms with Crippen LogP contribution in [0, 0.1) is 6.92 Å². The highest BCUT2D eigenvalue weighted by Gasteiger charge is 2.27. The van der Waals surface area contributed by atoms with E-state index >= 15 is 0 Å². The van der Waals surface area contributed by atoms with E-state index in [1.165, 1.54) is 6.20 Å². The first-order valence-electron chi connectivity index (χ1n) is 9.07. The van der Waals surface area contributed by atoms with Crippen LogP contribution in [0.25, 0.3) is 11.3 Å². The Morgan fingerprint density at radius 1 is 1.29 bits per heavy atom. The van der Waals surface area contributed by atoms with Crippen LogP contribution in [0.2, 0.25) is 0 Å². The molecule has 0 saturated heterocycles. The second-order valence-electron chi connectivity index (χ2n) is 6.77. The van der Waals surface area contributed by atoms with Gasteiger partial charge in [0.15, 0.2) is 0 Å². The molecule has 2 aliphatic rings. The van der Waals surface area contributed by atoms with Gasteiger partial charge >= 0.3 is 0 Å². The number of allylic oxidation sites excluding steroid dienone is 2. The van der Waals surface area contributed by atoms with Crippen LogP contribution < -0.4 is 17.0 Å². The molecular weight excluding hydrogens is 350 g/mol. The van der Waals surface area contributed by atoms with Crippen molar-refractivity contribution in [2.45, 2.75) is 19.4 Å². The van der Waals surface area contributed by atoms with Crippen molar-refractivity contribution in [1.29, 1.82) is 0 Å². The predicted molar refractivity (Wildman–Crippen MR) is 115 cm³/mol. The monoisotopic (exact) mass is 371 g/mol. The normalized spacial score (nSPS) is 18.1. The first-order valence-corrected chi connectivity index (χ1v) is 9.07. The van der Waals surface area contributed by atoms with E-state index in [1.807, 2.05) is 49.6 Å². The fourth-order valence-corrected chi connectivity index (χ4v) is 3.46. The minimum Gasteiger partial charge on any atom is -0.405 e. The zero-order valence-electron chi connectivity index (χ0n) is 15.5. The molecule has 0 bridgehead atoms. The van der Waals surface area contributed by atoms with Crippen molar-refractivity contribution in [1.82, 2.24) is 4.57 Å². The Morgan fingerprint density at radius 2 is 2.14 bits per heavy atom. The van der Waals surface area contributed by atoms with Gasteiger partial charge in [-0.05, 0) is 55.5 Å². The zero-order valence-corrected chi connectivity index (χ0v) is 15.5. The Morgan fingerprint density at radius 3 is 2.93 bits per heavy atom. The second-order valence-corrected chi connectivity index (χ2v) is 6.77. The highest BCUT2D eigenvalue weighted by atomic mass is 16.1. The van der Waals surface area contributed by atoms with E-state index in [1.54, 1.807) is 22.9 Å². The van der Waals surface area contributed by atoms with Crippen LogP contribution in [-0.2, 0) is 0 Å². The summed E-state index contributed by atoms with van der Waals surface area (Å²) in [6, 6.07) is 9.01. The summed E-state index contributed by atoms with van der Waals surface area (Å²) >= 11 is 0. The third-order valence-electron chi connectivity index (χ3n) is 4.94. The van der Waals surface area contributed by atoms with Crippen LogP contribution in [-0.4, -0.2) is 23.0 Å². The van der Waals surface area contributed by atoms with E-state index < -0.39 is 0 Å². The molecule has 1 aliphatic carbocycles. The summed E-state index contributed by atoms with van der Waals surface area (Å²) in [6.45, 7) is 1.94. The molecule has 6 nitrogen and oxygen atoms in total. The summed E-state index contributed by atoms with van der Waals surface area (Å²) < 4.78 is 1.71. The number of nitrogen functional groups attached to an aromatic ring is 1. The van der Waals surface area contributed by atoms with E-state index in [2.05, 4.69) is 9.98 Å². The smallest absolute Gasteiger partial charge is 0.255 e. The van der Waals surface area contributed by atoms with Crippen LogP contribution in [0.4, 0.5) is 5.69 Å². The van der Waals surface area contributed by atoms with Crippen molar-refractivity contribution < 1.29 is 0 Å². The van der Waals surface area contributed by atoms with Crippen molar-refractivity contribution in [3.63, 3.8) is 0 Å². The number of benzene rings is 1. The first kappa shape index (κ1) is 17.7. The molecule has 1 aliphatic heterocycles. The van der Waals surface area contributed by atoms with Gasteiger partial charge in [-0.15, -0.1) is 0 Å². The van der Waals surface area contributed by atoms with Gasteiger partial charge in [0.25, 0.3) is 5.56 Å². The van der Waals surface area contributed by atoms with Crippen LogP contribution >= 0.6 is 0 Å². The van der Waals surface area contributed by atoms with Crippen molar-refractivity contribution >= 4 is 23.7 Å². The summed E-state index contributed by atoms with van der Waals surface area (Å²) in [5.74, 6) is 0. The highest BCUT2D eigenvalue weighted by molar-refractivity contribution is 5.93. The number of rotatable bonds is 3. The topological polar surface area (TPSA) is 98.8 Å². The van der Waals surface area contributed by atoms with Crippen molar-refractivity contribution in [2.24, 2.45) is 15.7 Å². The molecule has 0 radical (unpaired) electrons. The molecule has 0 spiro atoms. The van der Waals surface area contributed by atoms with Gasteiger partial charge < -0.3 is 11.5 Å². The van der Waals surface area contributed by atoms with E-state index in [-0.39, 0.29) is 11.6 Å². The number of anilines is 1. The quantitative estimate of drug-likeness (QED) is 0.641. The lowest BCUT2D eigenvalue weighted by molar-refractivity contribution is 0.811. The molecular formula is C22H21N5O. The largest absolute Gasteiger partial charge is 0.405 e. The number of hydrogen-bond donors (Lipinski definition) is 2. The van der Waals surface area contributed by atoms with Gasteiger partial charge in [-0.25, -0.2) is 0 Å². The fourth-order valence-electron chi connectivity index (χ4n) is 3.46. The third-order valence-corrected chi connectivity index (χ3v) is 4.94. The molecule has 2 aromatic rings. The number of hydrogen-bond acceptors (Lipinski definition) is 5. The van der Waals surface area contributed by atoms with E-state index in [0.29, 0.717) is 5.69 Å². The Kier molecular flexibility index (Phi) is 4.53. The maximum Gasteiger partial charge on any atom is 0.255 e. The SMILES string of the molecule is Cc1ccc(-n2c3c(ccc2=O)C=NC2CC=C(N=CC=CN)C=C32)cc1N. The highest BCUT2D eigenvalue weighted by Crippen LogP contribution is 2.34. The van der Waals surface area contributed by atoms with Gasteiger partial charge in [-0.3, -0.25) is 19.3 Å². The number of pyridine rings is 1. The lowest BCUT2D eigenvalue weighted by atomic mass is 9.90. The van der Waals surface area contributed by atoms with E-state index in [9.17, 15) is 4.79 Å². The number of aromatic nitrogens is 1. The summed E-state index contributed by atoms with van der Waals surface area (Å²) in [4.78, 5) is 21.9. The van der Waals surface area contributed by atoms with Crippen LogP contribution in [0.15, 0.2) is 75.2 Å². The number of aliphatic imine (C=N–C) groups is 2. The van der Waals surface area contributed by atoms with Crippen LogP contribution in [0.3, 0.4) is 0 Å². The maximum atomic E-state index is 12.8. The molecule has 0 fully saturated rings. The molecule has 4 N–H and O–H groups in total. The Hall–Kier alpha value is -3.67. The lowest BCUT2D eigenvalue weighted by Gasteiger charge is -2.27. The summed E-state index contributed by atoms with van der Waals surface area (Å²) in [6.07, 6.45) is 11.3. The second kappa shape index (κ2) is 7.15. The van der Waals surface area contributed by atoms with E-state index in [0.717, 1.165) is 40.2 Å². The number of aryl methyl sites for hydroxylation is 1. The van der Waals surface area contributed by atoms with Crippen molar-refractivity contribution in [3.05, 3.63) is 87.6 Å². The average molecular weight is 371 g/mol. The van der Waals surface area contributed by atoms with Gasteiger partial charge in [-0.1, -0.05) is 12.1 Å². The van der Waals surface area contributed by atoms with E-state index in [4.69, 9.17) is 11.5 Å². The van der Waals surface area contributed by atoms with Gasteiger partial charge in [0.1, 0.15) is 0 Å². The molecule has 1 unspecified atom stereocenters. The van der Waals surface area contributed by atoms with Crippen LogP contribution in [0.5, 0.6) is 0 Å². The van der Waals surface area contributed by atoms with Gasteiger partial charge in [0, 0.05) is 35.3 Å². The lowest BCUT2D eigenvalue weighted by Crippen LogP contribution is -2.28. The third kappa shape index (κ3) is 3.09. The number of nitrogens with zero attached hydrogens (tertiary/aromatic N) is 3. The average Bonchev–Trinajstić information content (AvgIpc) is 2.70. The number of fused-ring (bicyclic) bond motifs is 3. The standard InChI is InChI=1S/C22H21N5O/c1-14-3-6-17(12-19(14)24)27-21(28)8-4-15-13-26-20-7-5-16(25-10-2-9-23)11-18(20)22(15)27/h2-6,8-13,20H,7,23-24H2,1H3. The molecule has 1 aromatic heterocycles. The van der Waals surface area contributed by atoms with Crippen molar-refractivity contribution in [3.8, 4) is 5.69 Å². The molecule has 0 amide bonds. The number of nitrogens with two attached hydrogens (primary N) is 2. The first-order chi connectivity index (χ1) is 13.6. The Balaban J connectivity index is 1.91. The molecule has 2 heterocycles. The van der Waals surface area contributed by atoms with Gasteiger partial charge in [0.05, 0.1) is 23.1 Å². The minimum atomic E-state index is -0.109. The summed E-state index contributed by atoms with van der Waals surface area (Å²) in [5, 5.41) is 0. The maximum absolute atomic E-state index is 12.8. The molecule has 28 heavy (non-hydrogen) atoms. The molecule has 140 valence electrons. The van der Waals surface area contributed by atoms with Crippen LogP contribution in [0.1, 0.15) is 23.2 Å². The summed E-state index contributed by atoms with van der Waals surface area (Å²) in [5.41, 5.74) is 17.3. The Labute approximate surface area is 162 Å². The molecule has 4 rings (SSSR count). The molecule has 0 saturated carbocycles. The zero-order chi connectivity index (χ0) is 19.7. The van der Waals surface area contributed by atoms with Gasteiger partial charge in [-0.2, -0.15) is 0 Å².